The smallest absolute Gasteiger partial charge is 0.309 e. The minimum Gasteiger partial charge on any atom is -0.462 e. The summed E-state index contributed by atoms with van der Waals surface area (Å²) < 4.78 is 17.2. The Morgan fingerprint density at radius 2 is 1.12 bits per heavy atom. The Morgan fingerprint density at radius 1 is 0.659 bits per heavy atom. The molecule has 0 aromatic heterocycles. The first-order valence-corrected chi connectivity index (χ1v) is 17.8. The summed E-state index contributed by atoms with van der Waals surface area (Å²) >= 11 is 0. The van der Waals surface area contributed by atoms with Gasteiger partial charge in [-0.25, -0.2) is 0 Å². The maximum atomic E-state index is 13.2. The lowest BCUT2D eigenvalue weighted by molar-refractivity contribution is -0.162. The largest absolute Gasteiger partial charge is 0.462 e. The van der Waals surface area contributed by atoms with E-state index in [1.54, 1.807) is 0 Å². The number of rotatable bonds is 28. The zero-order valence-electron chi connectivity index (χ0n) is 27.4. The second-order valence-corrected chi connectivity index (χ2v) is 12.3. The lowest BCUT2D eigenvalue weighted by Crippen LogP contribution is -2.38. The van der Waals surface area contributed by atoms with Crippen molar-refractivity contribution in [2.75, 3.05) is 39.5 Å². The van der Waals surface area contributed by atoms with Gasteiger partial charge in [0.15, 0.2) is 0 Å². The lowest BCUT2D eigenvalue weighted by Gasteiger charge is -2.26. The molecular formula is C35H67NO5. The summed E-state index contributed by atoms with van der Waals surface area (Å²) in [6, 6.07) is 0. The topological polar surface area (TPSA) is 65.1 Å². The summed E-state index contributed by atoms with van der Waals surface area (Å²) in [6.45, 7) is 10.8. The van der Waals surface area contributed by atoms with E-state index in [4.69, 9.17) is 14.2 Å². The van der Waals surface area contributed by atoms with E-state index in [0.29, 0.717) is 13.0 Å². The Bertz CT molecular complexity index is 607. The summed E-state index contributed by atoms with van der Waals surface area (Å²) in [4.78, 5) is 28.2. The van der Waals surface area contributed by atoms with Gasteiger partial charge < -0.3 is 14.2 Å². The molecule has 1 saturated heterocycles. The summed E-state index contributed by atoms with van der Waals surface area (Å²) in [6.07, 6.45) is 24.6. The number of carbonyl (C=O) groups is 2. The first-order valence-electron chi connectivity index (χ1n) is 17.8. The molecule has 6 nitrogen and oxygen atoms in total. The van der Waals surface area contributed by atoms with Crippen LogP contribution >= 0.6 is 0 Å². The molecule has 0 saturated carbocycles. The lowest BCUT2D eigenvalue weighted by atomic mass is 9.94. The number of hydrogen-bond acceptors (Lipinski definition) is 6. The van der Waals surface area contributed by atoms with E-state index in [1.807, 2.05) is 0 Å². The fraction of sp³-hybridized carbons (Fsp3) is 0.943. The standard InChI is InChI=1S/C35H67NO5/c1-4-7-10-13-15-16-18-21-24-33(41-34(37)25-26-36-27-29-39-30-28-36)31-40-35(38)32(22-19-12-9-6-3)23-20-17-14-11-8-5-2/h32-33H,4-31H2,1-3H3. The predicted octanol–water partition coefficient (Wildman–Crippen LogP) is 9.03. The maximum absolute atomic E-state index is 13.2. The van der Waals surface area contributed by atoms with Crippen LogP contribution in [0, 0.1) is 5.92 Å². The molecule has 1 fully saturated rings. The SMILES string of the molecule is CCCCCCCCCCC(COC(=O)C(CCCCCC)CCCCCCCC)OC(=O)CCN1CCOCC1. The van der Waals surface area contributed by atoms with Crippen molar-refractivity contribution in [2.24, 2.45) is 5.92 Å². The molecule has 0 spiro atoms. The van der Waals surface area contributed by atoms with Crippen LogP contribution in [0.5, 0.6) is 0 Å². The van der Waals surface area contributed by atoms with Gasteiger partial charge in [0.05, 0.1) is 25.6 Å². The molecule has 0 aromatic rings. The van der Waals surface area contributed by atoms with Gasteiger partial charge in [-0.05, 0) is 25.7 Å². The molecule has 1 rings (SSSR count). The highest BCUT2D eigenvalue weighted by Crippen LogP contribution is 2.21. The van der Waals surface area contributed by atoms with Crippen LogP contribution in [-0.4, -0.2) is 62.4 Å². The molecular weight excluding hydrogens is 514 g/mol. The van der Waals surface area contributed by atoms with Crippen molar-refractivity contribution in [3.05, 3.63) is 0 Å². The first kappa shape index (κ1) is 37.9. The van der Waals surface area contributed by atoms with Gasteiger partial charge in [0.1, 0.15) is 12.7 Å². The Balaban J connectivity index is 2.56. The average molecular weight is 582 g/mol. The predicted molar refractivity (Wildman–Crippen MR) is 170 cm³/mol. The van der Waals surface area contributed by atoms with Crippen molar-refractivity contribution in [2.45, 2.75) is 168 Å². The third-order valence-corrected chi connectivity index (χ3v) is 8.47. The molecule has 0 aliphatic carbocycles. The molecule has 1 aliphatic rings. The van der Waals surface area contributed by atoms with Crippen LogP contribution < -0.4 is 0 Å². The highest BCUT2D eigenvalue weighted by Gasteiger charge is 2.23. The normalized spacial score (nSPS) is 15.5. The highest BCUT2D eigenvalue weighted by atomic mass is 16.6. The molecule has 6 heteroatoms. The van der Waals surface area contributed by atoms with Gasteiger partial charge in [0.25, 0.3) is 0 Å². The number of ether oxygens (including phenoxy) is 3. The zero-order valence-corrected chi connectivity index (χ0v) is 27.4. The number of esters is 2. The summed E-state index contributed by atoms with van der Waals surface area (Å²) in [5, 5.41) is 0. The van der Waals surface area contributed by atoms with Gasteiger partial charge in [0, 0.05) is 19.6 Å². The molecule has 41 heavy (non-hydrogen) atoms. The van der Waals surface area contributed by atoms with Gasteiger partial charge in [-0.3, -0.25) is 14.5 Å². The van der Waals surface area contributed by atoms with Crippen molar-refractivity contribution in [1.82, 2.24) is 4.90 Å². The van der Waals surface area contributed by atoms with Gasteiger partial charge in [-0.1, -0.05) is 130 Å². The maximum Gasteiger partial charge on any atom is 0.309 e. The Kier molecular flexibility index (Phi) is 25.6. The molecule has 2 atom stereocenters. The number of carbonyl (C=O) groups excluding carboxylic acids is 2. The minimum absolute atomic E-state index is 0.0289. The monoisotopic (exact) mass is 582 g/mol. The first-order chi connectivity index (χ1) is 20.1. The van der Waals surface area contributed by atoms with Gasteiger partial charge in [-0.2, -0.15) is 0 Å². The van der Waals surface area contributed by atoms with Crippen LogP contribution in [0.4, 0.5) is 0 Å². The number of hydrogen-bond donors (Lipinski definition) is 0. The van der Waals surface area contributed by atoms with E-state index in [-0.39, 0.29) is 30.6 Å². The molecule has 0 aromatic carbocycles. The fourth-order valence-corrected chi connectivity index (χ4v) is 5.66. The van der Waals surface area contributed by atoms with Gasteiger partial charge in [0.2, 0.25) is 0 Å². The van der Waals surface area contributed by atoms with E-state index >= 15 is 0 Å². The average Bonchev–Trinajstić information content (AvgIpc) is 2.99. The van der Waals surface area contributed by atoms with E-state index in [9.17, 15) is 9.59 Å². The van der Waals surface area contributed by atoms with Gasteiger partial charge in [-0.15, -0.1) is 0 Å². The van der Waals surface area contributed by atoms with Crippen molar-refractivity contribution in [1.29, 1.82) is 0 Å². The Morgan fingerprint density at radius 3 is 1.66 bits per heavy atom. The third kappa shape index (κ3) is 22.1. The molecule has 1 heterocycles. The van der Waals surface area contributed by atoms with Crippen LogP contribution in [0.2, 0.25) is 0 Å². The number of morpholine rings is 1. The summed E-state index contributed by atoms with van der Waals surface area (Å²) in [7, 11) is 0. The minimum atomic E-state index is -0.342. The molecule has 0 bridgehead atoms. The third-order valence-electron chi connectivity index (χ3n) is 8.47. The molecule has 0 radical (unpaired) electrons. The van der Waals surface area contributed by atoms with Crippen LogP contribution in [0.25, 0.3) is 0 Å². The molecule has 0 N–H and O–H groups in total. The van der Waals surface area contributed by atoms with Crippen LogP contribution in [0.1, 0.15) is 162 Å². The number of nitrogens with zero attached hydrogens (tertiary/aromatic N) is 1. The number of unbranched alkanes of at least 4 members (excludes halogenated alkanes) is 15. The highest BCUT2D eigenvalue weighted by molar-refractivity contribution is 5.72. The quantitative estimate of drug-likeness (QED) is 0.0678. The fourth-order valence-electron chi connectivity index (χ4n) is 5.66. The second-order valence-electron chi connectivity index (χ2n) is 12.3. The van der Waals surface area contributed by atoms with Crippen molar-refractivity contribution in [3.8, 4) is 0 Å². The van der Waals surface area contributed by atoms with E-state index in [2.05, 4.69) is 25.7 Å². The van der Waals surface area contributed by atoms with E-state index in [0.717, 1.165) is 71.2 Å². The van der Waals surface area contributed by atoms with Crippen LogP contribution in [0.15, 0.2) is 0 Å². The van der Waals surface area contributed by atoms with Gasteiger partial charge >= 0.3 is 11.9 Å². The van der Waals surface area contributed by atoms with E-state index < -0.39 is 0 Å². The summed E-state index contributed by atoms with van der Waals surface area (Å²) in [5.74, 6) is -0.292. The molecule has 0 amide bonds. The molecule has 242 valence electrons. The molecule has 1 aliphatic heterocycles. The van der Waals surface area contributed by atoms with Crippen molar-refractivity contribution >= 4 is 11.9 Å². The van der Waals surface area contributed by atoms with E-state index in [1.165, 1.54) is 89.9 Å². The van der Waals surface area contributed by atoms with Crippen molar-refractivity contribution < 1.29 is 23.8 Å². The zero-order chi connectivity index (χ0) is 29.8. The summed E-state index contributed by atoms with van der Waals surface area (Å²) in [5.41, 5.74) is 0. The Labute approximate surface area is 254 Å². The van der Waals surface area contributed by atoms with Crippen molar-refractivity contribution in [3.63, 3.8) is 0 Å². The second kappa shape index (κ2) is 27.7. The molecule has 2 unspecified atom stereocenters. The Hall–Kier alpha value is -1.14. The van der Waals surface area contributed by atoms with Crippen LogP contribution in [-0.2, 0) is 23.8 Å². The van der Waals surface area contributed by atoms with Crippen LogP contribution in [0.3, 0.4) is 0 Å².